The van der Waals surface area contributed by atoms with Crippen molar-refractivity contribution in [3.8, 4) is 6.07 Å². The predicted octanol–water partition coefficient (Wildman–Crippen LogP) is 9.62. The van der Waals surface area contributed by atoms with Gasteiger partial charge in [-0.15, -0.1) is 10.3 Å². The fraction of sp³-hybridized carbons (Fsp3) is 0.658. The van der Waals surface area contributed by atoms with E-state index in [1.54, 1.807) is 6.07 Å². The van der Waals surface area contributed by atoms with Crippen LogP contribution in [-0.2, 0) is 35.0 Å². The van der Waals surface area contributed by atoms with Gasteiger partial charge in [0.15, 0.2) is 0 Å². The van der Waals surface area contributed by atoms with E-state index in [9.17, 15) is 23.2 Å². The van der Waals surface area contributed by atoms with Crippen LogP contribution < -0.4 is 0 Å². The van der Waals surface area contributed by atoms with Gasteiger partial charge >= 0.3 is 12.1 Å². The molecule has 11 heteroatoms. The van der Waals surface area contributed by atoms with Gasteiger partial charge in [0, 0.05) is 47.3 Å². The Morgan fingerprint density at radius 2 is 1.71 bits per heavy atom. The summed E-state index contributed by atoms with van der Waals surface area (Å²) in [4.78, 5) is 18.2. The number of hydrogen-bond acceptors (Lipinski definition) is 7. The summed E-state index contributed by atoms with van der Waals surface area (Å²) in [5, 5.41) is 9.85. The second-order valence-electron chi connectivity index (χ2n) is 16.2. The molecule has 1 aromatic heterocycles. The molecule has 1 saturated heterocycles. The fourth-order valence-corrected chi connectivity index (χ4v) is 9.16. The molecule has 2 fully saturated rings. The van der Waals surface area contributed by atoms with Crippen LogP contribution in [0.5, 0.6) is 0 Å². The maximum Gasteiger partial charge on any atom is 0.417 e. The van der Waals surface area contributed by atoms with Crippen LogP contribution in [0.3, 0.4) is 0 Å². The lowest BCUT2D eigenvalue weighted by atomic mass is 9.68. The number of pyridine rings is 1. The molecule has 1 spiro atoms. The first-order valence-electron chi connectivity index (χ1n) is 17.3. The highest BCUT2D eigenvalue weighted by molar-refractivity contribution is 8.29. The maximum atomic E-state index is 13.9. The van der Waals surface area contributed by atoms with Crippen LogP contribution in [0.1, 0.15) is 155 Å². The summed E-state index contributed by atoms with van der Waals surface area (Å²) in [5.41, 5.74) is 2.14. The van der Waals surface area contributed by atoms with Crippen molar-refractivity contribution in [1.82, 2.24) is 4.98 Å². The lowest BCUT2D eigenvalue weighted by Gasteiger charge is -2.50. The zero-order valence-electron chi connectivity index (χ0n) is 29.9. The van der Waals surface area contributed by atoms with E-state index in [1.165, 1.54) is 19.1 Å². The van der Waals surface area contributed by atoms with E-state index in [0.717, 1.165) is 67.0 Å². The molecule has 0 bridgehead atoms. The van der Waals surface area contributed by atoms with E-state index in [4.69, 9.17) is 23.4 Å². The number of rotatable bonds is 5. The van der Waals surface area contributed by atoms with Crippen molar-refractivity contribution in [1.29, 1.82) is 5.26 Å². The van der Waals surface area contributed by atoms with Crippen molar-refractivity contribution in [3.63, 3.8) is 0 Å². The van der Waals surface area contributed by atoms with Crippen molar-refractivity contribution in [2.24, 2.45) is 5.41 Å². The second kappa shape index (κ2) is 12.5. The van der Waals surface area contributed by atoms with Crippen LogP contribution in [0.15, 0.2) is 18.2 Å². The molecule has 1 aromatic carbocycles. The number of fused-ring (bicyclic) bond motifs is 4. The maximum absolute atomic E-state index is 13.9. The van der Waals surface area contributed by atoms with Crippen molar-refractivity contribution in [2.45, 2.75) is 127 Å². The van der Waals surface area contributed by atoms with Gasteiger partial charge in [0.05, 0.1) is 40.3 Å². The summed E-state index contributed by atoms with van der Waals surface area (Å²) in [5.74, 6) is -0.392. The molecule has 0 N–H and O–H groups in total. The van der Waals surface area contributed by atoms with Crippen LogP contribution in [-0.4, -0.2) is 41.4 Å². The number of alkyl halides is 3. The Labute approximate surface area is 289 Å². The van der Waals surface area contributed by atoms with Crippen molar-refractivity contribution >= 4 is 16.3 Å². The van der Waals surface area contributed by atoms with Gasteiger partial charge in [-0.1, -0.05) is 53.5 Å². The van der Waals surface area contributed by atoms with Gasteiger partial charge in [-0.3, -0.25) is 9.78 Å². The van der Waals surface area contributed by atoms with Crippen molar-refractivity contribution in [2.75, 3.05) is 25.7 Å². The molecule has 4 aliphatic rings. The molecule has 3 unspecified atom stereocenters. The summed E-state index contributed by atoms with van der Waals surface area (Å²) in [7, 11) is -1.64. The smallest absolute Gasteiger partial charge is 0.417 e. The van der Waals surface area contributed by atoms with E-state index < -0.39 is 56.8 Å². The number of benzene rings is 1. The van der Waals surface area contributed by atoms with Crippen LogP contribution in [0.4, 0.5) is 13.2 Å². The molecule has 268 valence electrons. The minimum atomic E-state index is -4.66. The van der Waals surface area contributed by atoms with E-state index in [1.807, 2.05) is 0 Å². The molecule has 2 aromatic rings. The molecule has 3 atom stereocenters. The lowest BCUT2D eigenvalue weighted by molar-refractivity contribution is -0.156. The number of halogens is 3. The van der Waals surface area contributed by atoms with Crippen molar-refractivity contribution in [3.05, 3.63) is 63.0 Å². The Morgan fingerprint density at radius 1 is 1.06 bits per heavy atom. The highest BCUT2D eigenvalue weighted by Gasteiger charge is 2.56. The third-order valence-electron chi connectivity index (χ3n) is 11.3. The largest absolute Gasteiger partial charge is 0.455 e. The Hall–Kier alpha value is -2.65. The zero-order valence-corrected chi connectivity index (χ0v) is 30.7. The van der Waals surface area contributed by atoms with E-state index in [0.29, 0.717) is 30.9 Å². The normalized spacial score (nSPS) is 25.5. The van der Waals surface area contributed by atoms with Crippen molar-refractivity contribution < 1.29 is 36.4 Å². The number of nitrogens with zero attached hydrogens (tertiary/aromatic N) is 2. The molecule has 1 saturated carbocycles. The Bertz CT molecular complexity index is 1660. The standard InChI is InChI=1S/C38H49F3N2O5S/c1-22(44)46-34-32-28(27(20-36(34,5)6)48-49(7,8)35(2,3)4)30-29(31(43-32)23-13-17-45-18-14-23)33(47-37(30)15-9-10-16-37)24-11-12-26(38(39,40)41)25(19-24)21-42/h11-12,19,23,27,33-34H,9-10,13-18,20H2,1-8H3. The highest BCUT2D eigenvalue weighted by Crippen LogP contribution is 2.65. The average molecular weight is 703 g/mol. The minimum Gasteiger partial charge on any atom is -0.455 e. The lowest BCUT2D eigenvalue weighted by Crippen LogP contribution is -2.39. The molecular formula is C38H49F3N2O5S. The topological polar surface area (TPSA) is 90.7 Å². The van der Waals surface area contributed by atoms with E-state index in [2.05, 4.69) is 47.1 Å². The van der Waals surface area contributed by atoms with Gasteiger partial charge in [-0.2, -0.15) is 18.4 Å². The average Bonchev–Trinajstić information content (AvgIpc) is 3.62. The Balaban J connectivity index is 1.68. The second-order valence-corrected chi connectivity index (χ2v) is 20.1. The molecule has 3 heterocycles. The van der Waals surface area contributed by atoms with Crippen LogP contribution in [0, 0.1) is 16.7 Å². The van der Waals surface area contributed by atoms with Crippen LogP contribution in [0.25, 0.3) is 0 Å². The molecule has 6 rings (SSSR count). The molecule has 0 amide bonds. The summed E-state index contributed by atoms with van der Waals surface area (Å²) in [6.45, 7) is 13.3. The van der Waals surface area contributed by atoms with Crippen LogP contribution in [0.2, 0.25) is 0 Å². The van der Waals surface area contributed by atoms with E-state index >= 15 is 0 Å². The molecule has 7 nitrogen and oxygen atoms in total. The van der Waals surface area contributed by atoms with Crippen LogP contribution >= 0.6 is 10.3 Å². The number of carbonyl (C=O) groups is 1. The first kappa shape index (κ1) is 36.2. The summed E-state index contributed by atoms with van der Waals surface area (Å²) < 4.78 is 68.0. The highest BCUT2D eigenvalue weighted by atomic mass is 32.3. The van der Waals surface area contributed by atoms with Gasteiger partial charge in [0.25, 0.3) is 0 Å². The molecule has 0 radical (unpaired) electrons. The minimum absolute atomic E-state index is 0.000588. The molecule has 2 aliphatic carbocycles. The zero-order chi connectivity index (χ0) is 35.7. The number of aromatic nitrogens is 1. The SMILES string of the molecule is CC(=O)OC1c2nc(C3CCOCC3)c3c(c2C(OS(C)(C)C(C)(C)C)CC1(C)C)C1(CCCC1)OC3c1ccc(C(F)(F)F)c(C#N)c1. The first-order valence-corrected chi connectivity index (χ1v) is 19.7. The van der Waals surface area contributed by atoms with Gasteiger partial charge in [0.2, 0.25) is 0 Å². The molecule has 2 aliphatic heterocycles. The summed E-state index contributed by atoms with van der Waals surface area (Å²) in [6, 6.07) is 5.57. The quantitative estimate of drug-likeness (QED) is 0.287. The Morgan fingerprint density at radius 3 is 2.29 bits per heavy atom. The number of nitriles is 1. The predicted molar refractivity (Wildman–Crippen MR) is 182 cm³/mol. The van der Waals surface area contributed by atoms with Gasteiger partial charge < -0.3 is 18.4 Å². The summed E-state index contributed by atoms with van der Waals surface area (Å²) >= 11 is 0. The monoisotopic (exact) mass is 702 g/mol. The molecule has 49 heavy (non-hydrogen) atoms. The van der Waals surface area contributed by atoms with Gasteiger partial charge in [-0.25, -0.2) is 0 Å². The first-order chi connectivity index (χ1) is 22.8. The number of ether oxygens (including phenoxy) is 3. The third-order valence-corrected chi connectivity index (χ3v) is 15.0. The third kappa shape index (κ3) is 6.41. The number of hydrogen-bond donors (Lipinski definition) is 0. The Kier molecular flexibility index (Phi) is 9.25. The van der Waals surface area contributed by atoms with Gasteiger partial charge in [-0.05, 0) is 67.9 Å². The molecular weight excluding hydrogens is 653 g/mol. The van der Waals surface area contributed by atoms with E-state index in [-0.39, 0.29) is 16.8 Å². The fourth-order valence-electron chi connectivity index (χ4n) is 8.13. The number of esters is 1. The summed E-state index contributed by atoms with van der Waals surface area (Å²) in [6.07, 6.45) is 3.28. The van der Waals surface area contributed by atoms with Gasteiger partial charge in [0.1, 0.15) is 12.2 Å². The number of carbonyl (C=O) groups excluding carboxylic acids is 1.